The summed E-state index contributed by atoms with van der Waals surface area (Å²) in [7, 11) is 0. The minimum atomic E-state index is -2.32. The molecule has 0 aliphatic heterocycles. The predicted octanol–water partition coefficient (Wildman–Crippen LogP) is 4.28. The van der Waals surface area contributed by atoms with Crippen molar-refractivity contribution in [3.05, 3.63) is 46.3 Å². The van der Waals surface area contributed by atoms with Crippen molar-refractivity contribution in [3.8, 4) is 0 Å². The number of halogens is 5. The van der Waals surface area contributed by atoms with Crippen LogP contribution in [0, 0.1) is 29.1 Å². The van der Waals surface area contributed by atoms with E-state index in [0.29, 0.717) is 6.42 Å². The summed E-state index contributed by atoms with van der Waals surface area (Å²) in [5.41, 5.74) is -0.756. The zero-order valence-electron chi connectivity index (χ0n) is 11.6. The Hall–Kier alpha value is -1.92. The molecule has 1 rings (SSSR count). The van der Waals surface area contributed by atoms with Crippen LogP contribution in [0.3, 0.4) is 0 Å². The zero-order valence-corrected chi connectivity index (χ0v) is 11.6. The molecule has 0 N–H and O–H groups in total. The molecule has 0 amide bonds. The Kier molecular flexibility index (Phi) is 5.46. The van der Waals surface area contributed by atoms with Gasteiger partial charge in [-0.2, -0.15) is 0 Å². The van der Waals surface area contributed by atoms with Gasteiger partial charge in [-0.25, -0.2) is 26.7 Å². The summed E-state index contributed by atoms with van der Waals surface area (Å²) in [5.74, 6) is -12.7. The average Bonchev–Trinajstić information content (AvgIpc) is 2.42. The topological polar surface area (TPSA) is 26.3 Å². The molecule has 0 saturated carbocycles. The number of allylic oxidation sites excluding steroid dienone is 1. The summed E-state index contributed by atoms with van der Waals surface area (Å²) in [6, 6.07) is 0. The SMILES string of the molecule is CC/C(C)=C/C(C)OC(=O)c1c(F)c(F)c(F)c(F)c1F. The maximum absolute atomic E-state index is 13.4. The molecule has 0 aliphatic carbocycles. The summed E-state index contributed by atoms with van der Waals surface area (Å²) in [5, 5.41) is 0. The molecular formula is C14H13F5O2. The van der Waals surface area contributed by atoms with E-state index >= 15 is 0 Å². The molecule has 0 aliphatic rings. The lowest BCUT2D eigenvalue weighted by Gasteiger charge is -2.12. The van der Waals surface area contributed by atoms with Crippen LogP contribution in [0.2, 0.25) is 0 Å². The van der Waals surface area contributed by atoms with E-state index in [9.17, 15) is 26.7 Å². The Bertz CT molecular complexity index is 567. The normalized spacial score (nSPS) is 13.2. The molecule has 21 heavy (non-hydrogen) atoms. The summed E-state index contributed by atoms with van der Waals surface area (Å²) < 4.78 is 70.3. The summed E-state index contributed by atoms with van der Waals surface area (Å²) >= 11 is 0. The largest absolute Gasteiger partial charge is 0.455 e. The van der Waals surface area contributed by atoms with Crippen molar-refractivity contribution in [2.45, 2.75) is 33.3 Å². The van der Waals surface area contributed by atoms with Crippen molar-refractivity contribution in [1.82, 2.24) is 0 Å². The predicted molar refractivity (Wildman–Crippen MR) is 65.2 cm³/mol. The van der Waals surface area contributed by atoms with Crippen LogP contribution in [-0.4, -0.2) is 12.1 Å². The van der Waals surface area contributed by atoms with Gasteiger partial charge in [0.05, 0.1) is 0 Å². The van der Waals surface area contributed by atoms with E-state index in [2.05, 4.69) is 4.74 Å². The molecule has 0 fully saturated rings. The highest BCUT2D eigenvalue weighted by Crippen LogP contribution is 2.24. The maximum atomic E-state index is 13.4. The van der Waals surface area contributed by atoms with Crippen LogP contribution in [0.1, 0.15) is 37.6 Å². The average molecular weight is 308 g/mol. The van der Waals surface area contributed by atoms with Crippen LogP contribution < -0.4 is 0 Å². The van der Waals surface area contributed by atoms with E-state index in [1.807, 2.05) is 6.92 Å². The second-order valence-corrected chi connectivity index (χ2v) is 4.42. The van der Waals surface area contributed by atoms with Gasteiger partial charge in [-0.15, -0.1) is 0 Å². The lowest BCUT2D eigenvalue weighted by Crippen LogP contribution is -2.19. The Balaban J connectivity index is 3.15. The lowest BCUT2D eigenvalue weighted by molar-refractivity contribution is 0.0408. The molecule has 116 valence electrons. The Labute approximate surface area is 118 Å². The first-order chi connectivity index (χ1) is 9.70. The highest BCUT2D eigenvalue weighted by Gasteiger charge is 2.31. The number of rotatable bonds is 4. The third-order valence-corrected chi connectivity index (χ3v) is 2.78. The third-order valence-electron chi connectivity index (χ3n) is 2.78. The fraction of sp³-hybridized carbons (Fsp3) is 0.357. The first-order valence-electron chi connectivity index (χ1n) is 6.10. The minimum Gasteiger partial charge on any atom is -0.455 e. The van der Waals surface area contributed by atoms with Gasteiger partial charge in [-0.05, 0) is 26.3 Å². The zero-order chi connectivity index (χ0) is 16.3. The number of benzene rings is 1. The van der Waals surface area contributed by atoms with Gasteiger partial charge in [0.1, 0.15) is 11.7 Å². The molecule has 1 aromatic rings. The molecule has 7 heteroatoms. The molecular weight excluding hydrogens is 295 g/mol. The van der Waals surface area contributed by atoms with Gasteiger partial charge in [0.2, 0.25) is 5.82 Å². The molecule has 0 heterocycles. The van der Waals surface area contributed by atoms with Crippen molar-refractivity contribution >= 4 is 5.97 Å². The second kappa shape index (κ2) is 6.69. The van der Waals surface area contributed by atoms with Gasteiger partial charge in [0.15, 0.2) is 23.3 Å². The third kappa shape index (κ3) is 3.59. The van der Waals surface area contributed by atoms with E-state index in [1.54, 1.807) is 6.92 Å². The standard InChI is InChI=1S/C14H13F5O2/c1-4-6(2)5-7(3)21-14(20)8-9(15)11(17)13(19)12(18)10(8)16/h5,7H,4H2,1-3H3/b6-5+. The molecule has 2 nitrogen and oxygen atoms in total. The minimum absolute atomic E-state index is 0.657. The molecule has 0 saturated heterocycles. The van der Waals surface area contributed by atoms with E-state index in [4.69, 9.17) is 0 Å². The second-order valence-electron chi connectivity index (χ2n) is 4.42. The summed E-state index contributed by atoms with van der Waals surface area (Å²) in [6.45, 7) is 4.98. The molecule has 0 spiro atoms. The van der Waals surface area contributed by atoms with Crippen molar-refractivity contribution in [2.75, 3.05) is 0 Å². The number of hydrogen-bond acceptors (Lipinski definition) is 2. The van der Waals surface area contributed by atoms with Crippen LogP contribution in [0.5, 0.6) is 0 Å². The molecule has 1 aromatic carbocycles. The van der Waals surface area contributed by atoms with Crippen LogP contribution >= 0.6 is 0 Å². The van der Waals surface area contributed by atoms with Crippen LogP contribution in [0.4, 0.5) is 22.0 Å². The van der Waals surface area contributed by atoms with E-state index in [1.165, 1.54) is 13.0 Å². The van der Waals surface area contributed by atoms with Gasteiger partial charge in [-0.1, -0.05) is 12.5 Å². The van der Waals surface area contributed by atoms with E-state index in [-0.39, 0.29) is 0 Å². The molecule has 0 bridgehead atoms. The highest BCUT2D eigenvalue weighted by molar-refractivity contribution is 5.90. The van der Waals surface area contributed by atoms with Gasteiger partial charge in [0, 0.05) is 0 Å². The molecule has 1 unspecified atom stereocenters. The van der Waals surface area contributed by atoms with Gasteiger partial charge in [-0.3, -0.25) is 0 Å². The highest BCUT2D eigenvalue weighted by atomic mass is 19.2. The fourth-order valence-corrected chi connectivity index (χ4v) is 1.56. The summed E-state index contributed by atoms with van der Waals surface area (Å²) in [4.78, 5) is 11.6. The number of hydrogen-bond donors (Lipinski definition) is 0. The molecule has 0 aromatic heterocycles. The van der Waals surface area contributed by atoms with E-state index < -0.39 is 46.7 Å². The van der Waals surface area contributed by atoms with Crippen molar-refractivity contribution < 1.29 is 31.5 Å². The Morgan fingerprint density at radius 1 is 1.05 bits per heavy atom. The molecule has 1 atom stereocenters. The maximum Gasteiger partial charge on any atom is 0.344 e. The fourth-order valence-electron chi connectivity index (χ4n) is 1.56. The number of ether oxygens (including phenoxy) is 1. The first kappa shape index (κ1) is 17.1. The van der Waals surface area contributed by atoms with Crippen molar-refractivity contribution in [1.29, 1.82) is 0 Å². The van der Waals surface area contributed by atoms with Gasteiger partial charge >= 0.3 is 5.97 Å². The van der Waals surface area contributed by atoms with Crippen LogP contribution in [0.25, 0.3) is 0 Å². The van der Waals surface area contributed by atoms with Crippen molar-refractivity contribution in [2.24, 2.45) is 0 Å². The van der Waals surface area contributed by atoms with Crippen LogP contribution in [-0.2, 0) is 4.74 Å². The quantitative estimate of drug-likeness (QED) is 0.273. The number of esters is 1. The van der Waals surface area contributed by atoms with E-state index in [0.717, 1.165) is 5.57 Å². The Morgan fingerprint density at radius 2 is 1.48 bits per heavy atom. The number of carbonyl (C=O) groups excluding carboxylic acids is 1. The van der Waals surface area contributed by atoms with Crippen LogP contribution in [0.15, 0.2) is 11.6 Å². The Morgan fingerprint density at radius 3 is 1.90 bits per heavy atom. The summed E-state index contributed by atoms with van der Waals surface area (Å²) in [6.07, 6.45) is 1.29. The monoisotopic (exact) mass is 308 g/mol. The van der Waals surface area contributed by atoms with Gasteiger partial charge in [0.25, 0.3) is 0 Å². The van der Waals surface area contributed by atoms with Crippen molar-refractivity contribution in [3.63, 3.8) is 0 Å². The smallest absolute Gasteiger partial charge is 0.344 e. The molecule has 0 radical (unpaired) electrons. The lowest BCUT2D eigenvalue weighted by atomic mass is 10.1. The van der Waals surface area contributed by atoms with Gasteiger partial charge < -0.3 is 4.74 Å². The first-order valence-corrected chi connectivity index (χ1v) is 6.10. The number of carbonyl (C=O) groups is 1.